The summed E-state index contributed by atoms with van der Waals surface area (Å²) in [5.74, 6) is 2.35. The molecule has 3 heterocycles. The molecule has 6 heteroatoms. The van der Waals surface area contributed by atoms with Gasteiger partial charge < -0.3 is 4.90 Å². The van der Waals surface area contributed by atoms with Crippen molar-refractivity contribution in [2.45, 2.75) is 25.3 Å². The largest absolute Gasteiger partial charge is 0.361 e. The number of fused-ring (bicyclic) bond motifs is 1. The first-order valence-electron chi connectivity index (χ1n) is 8.86. The first-order valence-corrected chi connectivity index (χ1v) is 8.86. The lowest BCUT2D eigenvalue weighted by molar-refractivity contribution is 0.201. The Balaban J connectivity index is 1.47. The highest BCUT2D eigenvalue weighted by molar-refractivity contribution is 5.45. The van der Waals surface area contributed by atoms with Crippen LogP contribution >= 0.6 is 0 Å². The fraction of sp³-hybridized carbons (Fsp3) is 0.421. The van der Waals surface area contributed by atoms with Crippen molar-refractivity contribution in [1.29, 1.82) is 0 Å². The van der Waals surface area contributed by atoms with Gasteiger partial charge in [0, 0.05) is 26.6 Å². The smallest absolute Gasteiger partial charge is 0.178 e. The Bertz CT molecular complexity index is 834. The van der Waals surface area contributed by atoms with E-state index in [0.717, 1.165) is 49.8 Å². The van der Waals surface area contributed by atoms with Crippen LogP contribution in [-0.4, -0.2) is 51.9 Å². The highest BCUT2D eigenvalue weighted by Gasteiger charge is 2.25. The van der Waals surface area contributed by atoms with Crippen LogP contribution in [0, 0.1) is 0 Å². The number of hydrogen-bond donors (Lipinski definition) is 0. The second-order valence-electron chi connectivity index (χ2n) is 6.95. The predicted molar refractivity (Wildman–Crippen MR) is 98.8 cm³/mol. The molecule has 4 rings (SSSR count). The van der Waals surface area contributed by atoms with Gasteiger partial charge in [-0.2, -0.15) is 4.52 Å². The number of aromatic nitrogens is 4. The fourth-order valence-electron chi connectivity index (χ4n) is 3.48. The summed E-state index contributed by atoms with van der Waals surface area (Å²) in [6.07, 6.45) is 2.20. The Morgan fingerprint density at radius 2 is 1.76 bits per heavy atom. The molecule has 0 radical (unpaired) electrons. The zero-order valence-electron chi connectivity index (χ0n) is 14.8. The second kappa shape index (κ2) is 6.80. The Kier molecular flexibility index (Phi) is 4.36. The molecule has 0 N–H and O–H groups in total. The Hall–Kier alpha value is -2.47. The number of likely N-dealkylation sites (tertiary alicyclic amines) is 1. The van der Waals surface area contributed by atoms with Crippen LogP contribution in [0.5, 0.6) is 0 Å². The van der Waals surface area contributed by atoms with Crippen LogP contribution in [-0.2, 0) is 6.54 Å². The maximum absolute atomic E-state index is 4.70. The van der Waals surface area contributed by atoms with Crippen LogP contribution in [0.4, 0.5) is 5.82 Å². The Morgan fingerprint density at radius 1 is 1.00 bits per heavy atom. The lowest BCUT2D eigenvalue weighted by Gasteiger charge is -2.31. The highest BCUT2D eigenvalue weighted by Crippen LogP contribution is 2.27. The van der Waals surface area contributed by atoms with Gasteiger partial charge in [-0.25, -0.2) is 0 Å². The van der Waals surface area contributed by atoms with Crippen molar-refractivity contribution in [3.63, 3.8) is 0 Å². The third-order valence-electron chi connectivity index (χ3n) is 4.93. The van der Waals surface area contributed by atoms with E-state index in [1.54, 1.807) is 0 Å². The lowest BCUT2D eigenvalue weighted by Crippen LogP contribution is -2.33. The quantitative estimate of drug-likeness (QED) is 0.733. The summed E-state index contributed by atoms with van der Waals surface area (Å²) >= 11 is 0. The normalized spacial score (nSPS) is 16.4. The minimum Gasteiger partial charge on any atom is -0.361 e. The number of piperidine rings is 1. The molecule has 0 aliphatic carbocycles. The first kappa shape index (κ1) is 16.0. The summed E-state index contributed by atoms with van der Waals surface area (Å²) in [5, 5.41) is 13.4. The number of benzene rings is 1. The summed E-state index contributed by atoms with van der Waals surface area (Å²) < 4.78 is 1.92. The van der Waals surface area contributed by atoms with Gasteiger partial charge in [0.15, 0.2) is 11.5 Å². The van der Waals surface area contributed by atoms with Crippen molar-refractivity contribution in [3.05, 3.63) is 53.9 Å². The zero-order chi connectivity index (χ0) is 17.2. The monoisotopic (exact) mass is 336 g/mol. The van der Waals surface area contributed by atoms with Crippen molar-refractivity contribution in [3.8, 4) is 0 Å². The number of hydrogen-bond acceptors (Lipinski definition) is 5. The van der Waals surface area contributed by atoms with Gasteiger partial charge in [0.25, 0.3) is 0 Å². The molecule has 0 atom stereocenters. The molecule has 0 bridgehead atoms. The van der Waals surface area contributed by atoms with Crippen LogP contribution < -0.4 is 4.90 Å². The van der Waals surface area contributed by atoms with E-state index >= 15 is 0 Å². The zero-order valence-corrected chi connectivity index (χ0v) is 14.8. The van der Waals surface area contributed by atoms with E-state index in [2.05, 4.69) is 45.4 Å². The van der Waals surface area contributed by atoms with Crippen molar-refractivity contribution >= 4 is 11.5 Å². The van der Waals surface area contributed by atoms with Gasteiger partial charge in [-0.05, 0) is 43.6 Å². The van der Waals surface area contributed by atoms with E-state index in [1.807, 2.05) is 35.6 Å². The molecule has 0 spiro atoms. The Morgan fingerprint density at radius 3 is 2.48 bits per heavy atom. The Labute approximate surface area is 148 Å². The molecule has 1 fully saturated rings. The third kappa shape index (κ3) is 3.35. The van der Waals surface area contributed by atoms with Gasteiger partial charge >= 0.3 is 0 Å². The summed E-state index contributed by atoms with van der Waals surface area (Å²) in [6, 6.07) is 14.7. The molecular formula is C19H24N6. The third-order valence-corrected chi connectivity index (χ3v) is 4.93. The van der Waals surface area contributed by atoms with Gasteiger partial charge in [-0.15, -0.1) is 15.3 Å². The van der Waals surface area contributed by atoms with Crippen LogP contribution in [0.25, 0.3) is 5.65 Å². The average molecular weight is 336 g/mol. The standard InChI is InChI=1S/C19H24N6/c1-23(2)18-9-8-17-20-21-19(25(17)22-18)16-10-12-24(13-11-16)14-15-6-4-3-5-7-15/h3-9,16H,10-14H2,1-2H3. The molecule has 3 aromatic rings. The van der Waals surface area contributed by atoms with Crippen molar-refractivity contribution < 1.29 is 0 Å². The van der Waals surface area contributed by atoms with Crippen LogP contribution in [0.3, 0.4) is 0 Å². The van der Waals surface area contributed by atoms with Crippen molar-refractivity contribution in [2.75, 3.05) is 32.1 Å². The van der Waals surface area contributed by atoms with E-state index in [4.69, 9.17) is 5.10 Å². The van der Waals surface area contributed by atoms with Gasteiger partial charge in [-0.1, -0.05) is 30.3 Å². The van der Waals surface area contributed by atoms with E-state index in [9.17, 15) is 0 Å². The molecule has 0 amide bonds. The number of rotatable bonds is 4. The van der Waals surface area contributed by atoms with E-state index in [0.29, 0.717) is 5.92 Å². The maximum Gasteiger partial charge on any atom is 0.178 e. The van der Waals surface area contributed by atoms with Crippen LogP contribution in [0.15, 0.2) is 42.5 Å². The summed E-state index contributed by atoms with van der Waals surface area (Å²) in [4.78, 5) is 4.53. The topological polar surface area (TPSA) is 49.6 Å². The lowest BCUT2D eigenvalue weighted by atomic mass is 9.96. The molecule has 2 aromatic heterocycles. The molecular weight excluding hydrogens is 312 g/mol. The molecule has 6 nitrogen and oxygen atoms in total. The first-order chi connectivity index (χ1) is 12.2. The molecule has 0 saturated carbocycles. The number of nitrogens with zero attached hydrogens (tertiary/aromatic N) is 6. The SMILES string of the molecule is CN(C)c1ccc2nnc(C3CCN(Cc4ccccc4)CC3)n2n1. The predicted octanol–water partition coefficient (Wildman–Crippen LogP) is 2.57. The summed E-state index contributed by atoms with van der Waals surface area (Å²) in [6.45, 7) is 3.20. The maximum atomic E-state index is 4.70. The number of anilines is 1. The summed E-state index contributed by atoms with van der Waals surface area (Å²) in [7, 11) is 4.00. The van der Waals surface area contributed by atoms with Gasteiger partial charge in [0.1, 0.15) is 5.82 Å². The highest BCUT2D eigenvalue weighted by atomic mass is 15.4. The van der Waals surface area contributed by atoms with E-state index in [1.165, 1.54) is 5.56 Å². The van der Waals surface area contributed by atoms with Gasteiger partial charge in [0.05, 0.1) is 0 Å². The molecule has 1 aliphatic rings. The van der Waals surface area contributed by atoms with E-state index in [-0.39, 0.29) is 0 Å². The molecule has 1 aliphatic heterocycles. The molecule has 25 heavy (non-hydrogen) atoms. The van der Waals surface area contributed by atoms with Crippen LogP contribution in [0.2, 0.25) is 0 Å². The van der Waals surface area contributed by atoms with E-state index < -0.39 is 0 Å². The minimum absolute atomic E-state index is 0.423. The molecule has 1 saturated heterocycles. The average Bonchev–Trinajstić information content (AvgIpc) is 3.06. The molecule has 130 valence electrons. The van der Waals surface area contributed by atoms with Crippen molar-refractivity contribution in [1.82, 2.24) is 24.7 Å². The molecule has 0 unspecified atom stereocenters. The van der Waals surface area contributed by atoms with Gasteiger partial charge in [-0.3, -0.25) is 4.90 Å². The van der Waals surface area contributed by atoms with Gasteiger partial charge in [0.2, 0.25) is 0 Å². The fourth-order valence-corrected chi connectivity index (χ4v) is 3.48. The molecule has 1 aromatic carbocycles. The van der Waals surface area contributed by atoms with Crippen molar-refractivity contribution in [2.24, 2.45) is 0 Å². The minimum atomic E-state index is 0.423. The summed E-state index contributed by atoms with van der Waals surface area (Å²) in [5.41, 5.74) is 2.21. The van der Waals surface area contributed by atoms with Crippen LogP contribution in [0.1, 0.15) is 30.1 Å². The second-order valence-corrected chi connectivity index (χ2v) is 6.95.